The third-order valence-corrected chi connectivity index (χ3v) is 6.18. The maximum absolute atomic E-state index is 10.4. The lowest BCUT2D eigenvalue weighted by Gasteiger charge is -2.22. The summed E-state index contributed by atoms with van der Waals surface area (Å²) in [6, 6.07) is 0. The Kier molecular flexibility index (Phi) is 4.74. The van der Waals surface area contributed by atoms with E-state index in [0.29, 0.717) is 9.09 Å². The van der Waals surface area contributed by atoms with E-state index in [1.807, 2.05) is 11.8 Å². The SMILES string of the molecule is CC1(CNc2nnc(SCC(=O)O)s2)CCCS1. The van der Waals surface area contributed by atoms with Crippen LogP contribution in [0.2, 0.25) is 0 Å². The minimum atomic E-state index is -0.834. The van der Waals surface area contributed by atoms with Gasteiger partial charge in [0.1, 0.15) is 0 Å². The summed E-state index contributed by atoms with van der Waals surface area (Å²) in [7, 11) is 0. The molecule has 1 atom stereocenters. The molecule has 1 aliphatic heterocycles. The number of hydrogen-bond donors (Lipinski definition) is 2. The van der Waals surface area contributed by atoms with Crippen LogP contribution in [-0.2, 0) is 4.79 Å². The minimum Gasteiger partial charge on any atom is -0.481 e. The van der Waals surface area contributed by atoms with E-state index in [0.717, 1.165) is 11.7 Å². The molecule has 0 bridgehead atoms. The molecule has 0 aromatic carbocycles. The topological polar surface area (TPSA) is 75.1 Å². The number of aromatic nitrogens is 2. The maximum Gasteiger partial charge on any atom is 0.313 e. The van der Waals surface area contributed by atoms with Crippen LogP contribution in [0.25, 0.3) is 0 Å². The van der Waals surface area contributed by atoms with E-state index in [1.54, 1.807) is 0 Å². The van der Waals surface area contributed by atoms with Crippen molar-refractivity contribution < 1.29 is 9.90 Å². The molecule has 18 heavy (non-hydrogen) atoms. The van der Waals surface area contributed by atoms with Crippen molar-refractivity contribution in [3.63, 3.8) is 0 Å². The Bertz CT molecular complexity index is 418. The Balaban J connectivity index is 1.81. The average Bonchev–Trinajstić information content (AvgIpc) is 2.93. The zero-order chi connectivity index (χ0) is 13.0. The van der Waals surface area contributed by atoms with E-state index in [1.165, 1.54) is 41.7 Å². The third-order valence-electron chi connectivity index (χ3n) is 2.64. The number of aliphatic carboxylic acids is 1. The van der Waals surface area contributed by atoms with Crippen LogP contribution in [0.1, 0.15) is 19.8 Å². The number of nitrogens with zero attached hydrogens (tertiary/aromatic N) is 2. The number of thioether (sulfide) groups is 2. The first kappa shape index (κ1) is 14.0. The van der Waals surface area contributed by atoms with Crippen LogP contribution in [0.5, 0.6) is 0 Å². The smallest absolute Gasteiger partial charge is 0.313 e. The lowest BCUT2D eigenvalue weighted by molar-refractivity contribution is -0.133. The monoisotopic (exact) mass is 305 g/mol. The summed E-state index contributed by atoms with van der Waals surface area (Å²) in [5.74, 6) is 0.426. The summed E-state index contributed by atoms with van der Waals surface area (Å²) in [5.41, 5.74) is 0. The number of anilines is 1. The van der Waals surface area contributed by atoms with Gasteiger partial charge in [-0.05, 0) is 25.5 Å². The predicted octanol–water partition coefficient (Wildman–Crippen LogP) is 2.41. The molecule has 0 aliphatic carbocycles. The van der Waals surface area contributed by atoms with E-state index in [-0.39, 0.29) is 5.75 Å². The van der Waals surface area contributed by atoms with Crippen molar-refractivity contribution in [1.82, 2.24) is 10.2 Å². The normalized spacial score (nSPS) is 23.2. The molecule has 0 saturated carbocycles. The van der Waals surface area contributed by atoms with Crippen LogP contribution in [0, 0.1) is 0 Å². The lowest BCUT2D eigenvalue weighted by atomic mass is 10.1. The van der Waals surface area contributed by atoms with Gasteiger partial charge in [0.05, 0.1) is 5.75 Å². The summed E-state index contributed by atoms with van der Waals surface area (Å²) in [6.45, 7) is 3.15. The summed E-state index contributed by atoms with van der Waals surface area (Å²) >= 11 is 4.62. The Labute approximate surface area is 118 Å². The molecule has 1 unspecified atom stereocenters. The van der Waals surface area contributed by atoms with E-state index >= 15 is 0 Å². The second-order valence-electron chi connectivity index (χ2n) is 4.31. The molecular formula is C10H15N3O2S3. The molecular weight excluding hydrogens is 290 g/mol. The Morgan fingerprint density at radius 2 is 2.44 bits per heavy atom. The van der Waals surface area contributed by atoms with Gasteiger partial charge < -0.3 is 10.4 Å². The van der Waals surface area contributed by atoms with Crippen LogP contribution in [0.4, 0.5) is 5.13 Å². The summed E-state index contributed by atoms with van der Waals surface area (Å²) in [5, 5.41) is 20.6. The molecule has 5 nitrogen and oxygen atoms in total. The molecule has 0 radical (unpaired) electrons. The zero-order valence-electron chi connectivity index (χ0n) is 10.0. The molecule has 0 amide bonds. The van der Waals surface area contributed by atoms with Gasteiger partial charge in [0.25, 0.3) is 0 Å². The first-order valence-corrected chi connectivity index (χ1v) is 8.42. The Hall–Kier alpha value is -0.470. The number of hydrogen-bond acceptors (Lipinski definition) is 7. The molecule has 1 aromatic heterocycles. The van der Waals surface area contributed by atoms with Crippen LogP contribution >= 0.6 is 34.9 Å². The molecule has 2 N–H and O–H groups in total. The van der Waals surface area contributed by atoms with Crippen molar-refractivity contribution in [3.05, 3.63) is 0 Å². The molecule has 1 aliphatic rings. The number of rotatable bonds is 6. The van der Waals surface area contributed by atoms with Gasteiger partial charge in [0, 0.05) is 11.3 Å². The van der Waals surface area contributed by atoms with Crippen LogP contribution < -0.4 is 5.32 Å². The fraction of sp³-hybridized carbons (Fsp3) is 0.700. The molecule has 2 rings (SSSR count). The van der Waals surface area contributed by atoms with E-state index in [2.05, 4.69) is 22.4 Å². The van der Waals surface area contributed by atoms with Gasteiger partial charge in [-0.2, -0.15) is 11.8 Å². The fourth-order valence-corrected chi connectivity index (χ4v) is 4.41. The van der Waals surface area contributed by atoms with E-state index in [4.69, 9.17) is 5.11 Å². The minimum absolute atomic E-state index is 0.0300. The maximum atomic E-state index is 10.4. The predicted molar refractivity (Wildman–Crippen MR) is 76.9 cm³/mol. The summed E-state index contributed by atoms with van der Waals surface area (Å²) in [6.07, 6.45) is 2.50. The lowest BCUT2D eigenvalue weighted by Crippen LogP contribution is -2.26. The van der Waals surface area contributed by atoms with Crippen molar-refractivity contribution in [2.24, 2.45) is 0 Å². The molecule has 1 aromatic rings. The highest BCUT2D eigenvalue weighted by Crippen LogP contribution is 2.38. The number of nitrogens with one attached hydrogen (secondary N) is 1. The van der Waals surface area contributed by atoms with Gasteiger partial charge in [0.2, 0.25) is 5.13 Å². The molecule has 1 fully saturated rings. The van der Waals surface area contributed by atoms with Crippen molar-refractivity contribution in [2.45, 2.75) is 28.9 Å². The van der Waals surface area contributed by atoms with Crippen LogP contribution in [0.3, 0.4) is 0 Å². The number of carboxylic acid groups (broad SMARTS) is 1. The average molecular weight is 305 g/mol. The van der Waals surface area contributed by atoms with E-state index in [9.17, 15) is 4.79 Å². The highest BCUT2D eigenvalue weighted by atomic mass is 32.2. The van der Waals surface area contributed by atoms with Crippen molar-refractivity contribution >= 4 is 46.0 Å². The summed E-state index contributed by atoms with van der Waals surface area (Å²) in [4.78, 5) is 10.4. The third kappa shape index (κ3) is 4.03. The van der Waals surface area contributed by atoms with Gasteiger partial charge in [-0.1, -0.05) is 23.1 Å². The number of carboxylic acids is 1. The first-order chi connectivity index (χ1) is 8.57. The highest BCUT2D eigenvalue weighted by molar-refractivity contribution is 8.01. The zero-order valence-corrected chi connectivity index (χ0v) is 12.5. The van der Waals surface area contributed by atoms with Gasteiger partial charge in [-0.15, -0.1) is 10.2 Å². The standard InChI is InChI=1S/C10H15N3O2S3/c1-10(3-2-4-17-10)6-11-8-12-13-9(18-8)16-5-7(14)15/h2-6H2,1H3,(H,11,12)(H,14,15). The van der Waals surface area contributed by atoms with E-state index < -0.39 is 5.97 Å². The van der Waals surface area contributed by atoms with Crippen LogP contribution in [-0.4, -0.2) is 44.1 Å². The van der Waals surface area contributed by atoms with Gasteiger partial charge in [-0.3, -0.25) is 4.79 Å². The largest absolute Gasteiger partial charge is 0.481 e. The van der Waals surface area contributed by atoms with Crippen LogP contribution in [0.15, 0.2) is 4.34 Å². The van der Waals surface area contributed by atoms with Gasteiger partial charge in [0.15, 0.2) is 4.34 Å². The fourth-order valence-electron chi connectivity index (χ4n) is 1.70. The molecule has 8 heteroatoms. The van der Waals surface area contributed by atoms with Gasteiger partial charge in [-0.25, -0.2) is 0 Å². The summed E-state index contributed by atoms with van der Waals surface area (Å²) < 4.78 is 0.990. The molecule has 0 spiro atoms. The second-order valence-corrected chi connectivity index (χ2v) is 8.19. The molecule has 1 saturated heterocycles. The van der Waals surface area contributed by atoms with Crippen molar-refractivity contribution in [2.75, 3.05) is 23.4 Å². The number of carbonyl (C=O) groups is 1. The second kappa shape index (κ2) is 6.12. The molecule has 100 valence electrons. The van der Waals surface area contributed by atoms with Gasteiger partial charge >= 0.3 is 5.97 Å². The molecule has 2 heterocycles. The first-order valence-electron chi connectivity index (χ1n) is 5.63. The highest BCUT2D eigenvalue weighted by Gasteiger charge is 2.29. The Morgan fingerprint density at radius 3 is 3.11 bits per heavy atom. The Morgan fingerprint density at radius 1 is 1.61 bits per heavy atom. The quantitative estimate of drug-likeness (QED) is 0.782. The van der Waals surface area contributed by atoms with Crippen molar-refractivity contribution in [1.29, 1.82) is 0 Å². The van der Waals surface area contributed by atoms with Crippen molar-refractivity contribution in [3.8, 4) is 0 Å².